The molecule has 2 aromatic rings. The number of carbonyl (C=O) groups is 1. The van der Waals surface area contributed by atoms with Crippen molar-refractivity contribution in [2.24, 2.45) is 0 Å². The first kappa shape index (κ1) is 17.4. The maximum Gasteiger partial charge on any atom is 0.274 e. The van der Waals surface area contributed by atoms with Gasteiger partial charge in [0.25, 0.3) is 5.91 Å². The second kappa shape index (κ2) is 7.19. The minimum atomic E-state index is -0.502. The molecule has 6 nitrogen and oxygen atoms in total. The molecule has 1 aliphatic rings. The molecule has 0 aliphatic carbocycles. The number of hydrogen-bond acceptors (Lipinski definition) is 5. The first-order valence-electron chi connectivity index (χ1n) is 8.36. The van der Waals surface area contributed by atoms with Crippen molar-refractivity contribution in [2.45, 2.75) is 25.9 Å². The number of aromatic nitrogens is 2. The van der Waals surface area contributed by atoms with Crippen LogP contribution in [0, 0.1) is 13.8 Å². The Morgan fingerprint density at radius 3 is 2.76 bits per heavy atom. The van der Waals surface area contributed by atoms with Gasteiger partial charge in [0.1, 0.15) is 18.0 Å². The van der Waals surface area contributed by atoms with Crippen LogP contribution in [0.15, 0.2) is 36.4 Å². The number of methoxy groups -OCH3 is 1. The largest absolute Gasteiger partial charge is 0.491 e. The van der Waals surface area contributed by atoms with E-state index in [1.54, 1.807) is 24.1 Å². The molecule has 0 bridgehead atoms. The van der Waals surface area contributed by atoms with Crippen LogP contribution >= 0.6 is 0 Å². The number of ether oxygens (including phenoxy) is 2. The molecule has 1 amide bonds. The van der Waals surface area contributed by atoms with Crippen molar-refractivity contribution in [1.29, 1.82) is 0 Å². The second-order valence-corrected chi connectivity index (χ2v) is 6.53. The lowest BCUT2D eigenvalue weighted by Gasteiger charge is -2.27. The Morgan fingerprint density at radius 2 is 2.08 bits per heavy atom. The summed E-state index contributed by atoms with van der Waals surface area (Å²) in [6.07, 6.45) is 0.723. The summed E-state index contributed by atoms with van der Waals surface area (Å²) in [5.74, 6) is 0.688. The number of nitrogens with zero attached hydrogens (tertiary/aromatic N) is 3. The normalized spacial score (nSPS) is 19.9. The van der Waals surface area contributed by atoms with Crippen molar-refractivity contribution < 1.29 is 14.3 Å². The third-order valence-electron chi connectivity index (χ3n) is 4.54. The molecule has 1 aromatic carbocycles. The molecule has 1 atom stereocenters. The van der Waals surface area contributed by atoms with Crippen LogP contribution in [0.3, 0.4) is 0 Å². The highest BCUT2D eigenvalue weighted by molar-refractivity contribution is 5.92. The van der Waals surface area contributed by atoms with Crippen LogP contribution in [-0.2, 0) is 4.74 Å². The summed E-state index contributed by atoms with van der Waals surface area (Å²) in [6.45, 7) is 5.35. The van der Waals surface area contributed by atoms with Gasteiger partial charge in [-0.1, -0.05) is 12.1 Å². The van der Waals surface area contributed by atoms with Crippen molar-refractivity contribution in [3.8, 4) is 5.75 Å². The predicted molar refractivity (Wildman–Crippen MR) is 93.7 cm³/mol. The predicted octanol–water partition coefficient (Wildman–Crippen LogP) is 2.40. The topological polar surface area (TPSA) is 64.6 Å². The van der Waals surface area contributed by atoms with E-state index < -0.39 is 5.60 Å². The fourth-order valence-corrected chi connectivity index (χ4v) is 2.96. The van der Waals surface area contributed by atoms with E-state index >= 15 is 0 Å². The van der Waals surface area contributed by atoms with E-state index in [2.05, 4.69) is 10.2 Å². The van der Waals surface area contributed by atoms with Crippen molar-refractivity contribution in [1.82, 2.24) is 15.1 Å². The lowest BCUT2D eigenvalue weighted by molar-refractivity contribution is -0.0343. The third-order valence-corrected chi connectivity index (χ3v) is 4.54. The minimum Gasteiger partial charge on any atom is -0.491 e. The standard InChI is InChI=1S/C19H23N3O3/c1-14-5-4-6-16(11-14)25-13-19(24-3)9-10-22(12-19)18(23)17-8-7-15(2)20-21-17/h4-8,11H,9-10,12-13H2,1-3H3/t19-/m0/s1. The van der Waals surface area contributed by atoms with Gasteiger partial charge in [-0.15, -0.1) is 5.10 Å². The van der Waals surface area contributed by atoms with Crippen LogP contribution in [0.2, 0.25) is 0 Å². The Balaban J connectivity index is 1.65. The molecule has 6 heteroatoms. The van der Waals surface area contributed by atoms with Gasteiger partial charge >= 0.3 is 0 Å². The fourth-order valence-electron chi connectivity index (χ4n) is 2.96. The number of carbonyl (C=O) groups excluding carboxylic acids is 1. The average molecular weight is 341 g/mol. The molecule has 1 aromatic heterocycles. The van der Waals surface area contributed by atoms with Crippen LogP contribution in [0.1, 0.15) is 28.2 Å². The van der Waals surface area contributed by atoms with Crippen molar-refractivity contribution in [2.75, 3.05) is 26.8 Å². The van der Waals surface area contributed by atoms with Gasteiger partial charge in [-0.25, -0.2) is 0 Å². The molecule has 0 saturated carbocycles. The Labute approximate surface area is 147 Å². The molecular formula is C19H23N3O3. The maximum atomic E-state index is 12.6. The van der Waals surface area contributed by atoms with E-state index in [1.807, 2.05) is 38.1 Å². The van der Waals surface area contributed by atoms with E-state index in [0.29, 0.717) is 25.4 Å². The molecule has 0 radical (unpaired) electrons. The quantitative estimate of drug-likeness (QED) is 0.835. The van der Waals surface area contributed by atoms with Gasteiger partial charge in [-0.2, -0.15) is 5.10 Å². The Morgan fingerprint density at radius 1 is 1.24 bits per heavy atom. The van der Waals surface area contributed by atoms with E-state index in [1.165, 1.54) is 0 Å². The molecule has 1 aliphatic heterocycles. The summed E-state index contributed by atoms with van der Waals surface area (Å²) < 4.78 is 11.7. The fraction of sp³-hybridized carbons (Fsp3) is 0.421. The minimum absolute atomic E-state index is 0.123. The van der Waals surface area contributed by atoms with Gasteiger partial charge < -0.3 is 14.4 Å². The zero-order valence-corrected chi connectivity index (χ0v) is 14.9. The first-order valence-corrected chi connectivity index (χ1v) is 8.36. The zero-order chi connectivity index (χ0) is 17.9. The Hall–Kier alpha value is -2.47. The van der Waals surface area contributed by atoms with E-state index in [9.17, 15) is 4.79 Å². The van der Waals surface area contributed by atoms with E-state index in [4.69, 9.17) is 9.47 Å². The van der Waals surface area contributed by atoms with Crippen molar-refractivity contribution in [3.63, 3.8) is 0 Å². The summed E-state index contributed by atoms with van der Waals surface area (Å²) in [6, 6.07) is 11.4. The van der Waals surface area contributed by atoms with E-state index in [-0.39, 0.29) is 5.91 Å². The first-order chi connectivity index (χ1) is 12.0. The Bertz CT molecular complexity index is 748. The monoisotopic (exact) mass is 341 g/mol. The summed E-state index contributed by atoms with van der Waals surface area (Å²) in [7, 11) is 1.67. The summed E-state index contributed by atoms with van der Waals surface area (Å²) >= 11 is 0. The Kier molecular flexibility index (Phi) is 4.99. The molecule has 0 spiro atoms. The number of aryl methyl sites for hydroxylation is 2. The highest BCUT2D eigenvalue weighted by Gasteiger charge is 2.41. The van der Waals surface area contributed by atoms with Crippen LogP contribution < -0.4 is 4.74 Å². The second-order valence-electron chi connectivity index (χ2n) is 6.53. The maximum absolute atomic E-state index is 12.6. The van der Waals surface area contributed by atoms with Gasteiger partial charge in [0.2, 0.25) is 0 Å². The van der Waals surface area contributed by atoms with Gasteiger partial charge in [-0.3, -0.25) is 4.79 Å². The lowest BCUT2D eigenvalue weighted by Crippen LogP contribution is -2.42. The van der Waals surface area contributed by atoms with Gasteiger partial charge in [0.15, 0.2) is 5.69 Å². The van der Waals surface area contributed by atoms with Gasteiger partial charge in [0.05, 0.1) is 12.2 Å². The molecule has 132 valence electrons. The number of amides is 1. The molecule has 1 saturated heterocycles. The summed E-state index contributed by atoms with van der Waals surface area (Å²) in [5.41, 5.74) is 1.79. The third kappa shape index (κ3) is 3.96. The highest BCUT2D eigenvalue weighted by Crippen LogP contribution is 2.27. The number of likely N-dealkylation sites (tertiary alicyclic amines) is 1. The molecule has 3 rings (SSSR count). The van der Waals surface area contributed by atoms with E-state index in [0.717, 1.165) is 23.4 Å². The van der Waals surface area contributed by atoms with Gasteiger partial charge in [-0.05, 0) is 50.1 Å². The molecule has 2 heterocycles. The zero-order valence-electron chi connectivity index (χ0n) is 14.9. The SMILES string of the molecule is CO[C@@]1(COc2cccc(C)c2)CCN(C(=O)c2ccc(C)nn2)C1. The molecular weight excluding hydrogens is 318 g/mol. The van der Waals surface area contributed by atoms with Gasteiger partial charge in [0, 0.05) is 13.7 Å². The summed E-state index contributed by atoms with van der Waals surface area (Å²) in [4.78, 5) is 14.4. The number of rotatable bonds is 5. The van der Waals surface area contributed by atoms with Crippen molar-refractivity contribution in [3.05, 3.63) is 53.3 Å². The summed E-state index contributed by atoms with van der Waals surface area (Å²) in [5, 5.41) is 7.95. The highest BCUT2D eigenvalue weighted by atomic mass is 16.5. The van der Waals surface area contributed by atoms with Crippen LogP contribution in [0.4, 0.5) is 0 Å². The lowest BCUT2D eigenvalue weighted by atomic mass is 10.0. The van der Waals surface area contributed by atoms with Crippen LogP contribution in [0.5, 0.6) is 5.75 Å². The number of benzene rings is 1. The average Bonchev–Trinajstić information content (AvgIpc) is 3.05. The van der Waals surface area contributed by atoms with Crippen LogP contribution in [-0.4, -0.2) is 53.4 Å². The molecule has 1 fully saturated rings. The molecule has 25 heavy (non-hydrogen) atoms. The molecule has 0 N–H and O–H groups in total. The van der Waals surface area contributed by atoms with Crippen LogP contribution in [0.25, 0.3) is 0 Å². The van der Waals surface area contributed by atoms with Crippen molar-refractivity contribution >= 4 is 5.91 Å². The molecule has 0 unspecified atom stereocenters. The number of hydrogen-bond donors (Lipinski definition) is 0. The smallest absolute Gasteiger partial charge is 0.274 e.